The lowest BCUT2D eigenvalue weighted by Crippen LogP contribution is -2.32. The fourth-order valence-electron chi connectivity index (χ4n) is 1.71. The monoisotopic (exact) mass is 248 g/mol. The number of H-pyrrole nitrogens is 1. The summed E-state index contributed by atoms with van der Waals surface area (Å²) in [6.07, 6.45) is 0. The Hall–Kier alpha value is -2.50. The summed E-state index contributed by atoms with van der Waals surface area (Å²) < 4.78 is 0. The van der Waals surface area contributed by atoms with E-state index in [1.807, 2.05) is 0 Å². The molecule has 0 saturated carbocycles. The average Bonchev–Trinajstić information content (AvgIpc) is 2.69. The molecule has 0 bridgehead atoms. The van der Waals surface area contributed by atoms with Crippen molar-refractivity contribution >= 4 is 22.8 Å². The molecular formula is C12H12N2O4. The smallest absolute Gasteiger partial charge is 0.323 e. The zero-order valence-corrected chi connectivity index (χ0v) is 9.67. The van der Waals surface area contributed by atoms with Gasteiger partial charge in [-0.25, -0.2) is 0 Å². The summed E-state index contributed by atoms with van der Waals surface area (Å²) in [6.45, 7) is -0.362. The number of carboxylic acid groups (broad SMARTS) is 1. The predicted molar refractivity (Wildman–Crippen MR) is 64.6 cm³/mol. The lowest BCUT2D eigenvalue weighted by atomic mass is 10.2. The molecule has 0 saturated heterocycles. The minimum atomic E-state index is -1.07. The molecule has 2 aromatic rings. The highest BCUT2D eigenvalue weighted by atomic mass is 16.4. The van der Waals surface area contributed by atoms with Crippen molar-refractivity contribution in [3.05, 3.63) is 30.0 Å². The van der Waals surface area contributed by atoms with Crippen molar-refractivity contribution < 1.29 is 19.8 Å². The number of amides is 1. The van der Waals surface area contributed by atoms with E-state index < -0.39 is 11.9 Å². The molecule has 3 N–H and O–H groups in total. The minimum absolute atomic E-state index is 0.0993. The summed E-state index contributed by atoms with van der Waals surface area (Å²) in [4.78, 5) is 26.4. The highest BCUT2D eigenvalue weighted by Gasteiger charge is 2.16. The molecule has 0 aliphatic carbocycles. The number of aromatic nitrogens is 1. The van der Waals surface area contributed by atoms with Crippen molar-refractivity contribution in [2.45, 2.75) is 0 Å². The van der Waals surface area contributed by atoms with Gasteiger partial charge in [0.05, 0.1) is 0 Å². The first kappa shape index (κ1) is 12.0. The van der Waals surface area contributed by atoms with Crippen molar-refractivity contribution in [2.24, 2.45) is 0 Å². The molecule has 0 spiro atoms. The number of fused-ring (bicyclic) bond motifs is 1. The molecule has 1 amide bonds. The maximum Gasteiger partial charge on any atom is 0.323 e. The summed E-state index contributed by atoms with van der Waals surface area (Å²) in [5.74, 6) is -1.38. The third-order valence-corrected chi connectivity index (χ3v) is 2.56. The second kappa shape index (κ2) is 4.40. The number of nitrogens with one attached hydrogen (secondary N) is 1. The number of aromatic amines is 1. The predicted octanol–water partition coefficient (Wildman–Crippen LogP) is 1.03. The van der Waals surface area contributed by atoms with Gasteiger partial charge in [0.2, 0.25) is 0 Å². The van der Waals surface area contributed by atoms with E-state index in [4.69, 9.17) is 5.11 Å². The third kappa shape index (κ3) is 2.27. The number of phenols is 1. The zero-order chi connectivity index (χ0) is 13.3. The molecule has 6 nitrogen and oxygen atoms in total. The largest absolute Gasteiger partial charge is 0.508 e. The molecule has 0 fully saturated rings. The molecule has 1 heterocycles. The first-order valence-corrected chi connectivity index (χ1v) is 5.26. The van der Waals surface area contributed by atoms with Crippen LogP contribution in [0.4, 0.5) is 0 Å². The summed E-state index contributed by atoms with van der Waals surface area (Å²) in [5, 5.41) is 18.7. The molecule has 0 aliphatic heterocycles. The number of rotatable bonds is 3. The second-order valence-electron chi connectivity index (χ2n) is 4.01. The summed E-state index contributed by atoms with van der Waals surface area (Å²) in [7, 11) is 1.42. The van der Waals surface area contributed by atoms with Gasteiger partial charge in [-0.2, -0.15) is 0 Å². The van der Waals surface area contributed by atoms with E-state index >= 15 is 0 Å². The van der Waals surface area contributed by atoms with Gasteiger partial charge in [-0.1, -0.05) is 0 Å². The number of aromatic hydroxyl groups is 1. The van der Waals surface area contributed by atoms with E-state index in [0.29, 0.717) is 11.2 Å². The van der Waals surface area contributed by atoms with E-state index in [-0.39, 0.29) is 12.3 Å². The van der Waals surface area contributed by atoms with Crippen LogP contribution < -0.4 is 0 Å². The maximum atomic E-state index is 11.9. The van der Waals surface area contributed by atoms with E-state index in [1.165, 1.54) is 19.2 Å². The minimum Gasteiger partial charge on any atom is -0.508 e. The molecule has 1 aromatic carbocycles. The zero-order valence-electron chi connectivity index (χ0n) is 9.67. The van der Waals surface area contributed by atoms with Crippen molar-refractivity contribution in [1.82, 2.24) is 9.88 Å². The standard InChI is InChI=1S/C12H12N2O4/c1-14(6-11(16)17)12(18)10-4-7-2-3-8(15)5-9(7)13-10/h2-5,13,15H,6H2,1H3,(H,16,17). The van der Waals surface area contributed by atoms with Crippen LogP contribution in [0.15, 0.2) is 24.3 Å². The van der Waals surface area contributed by atoms with Gasteiger partial charge in [-0.3, -0.25) is 9.59 Å². The van der Waals surface area contributed by atoms with E-state index in [1.54, 1.807) is 12.1 Å². The molecule has 1 aromatic heterocycles. The van der Waals surface area contributed by atoms with E-state index in [9.17, 15) is 14.7 Å². The molecular weight excluding hydrogens is 236 g/mol. The van der Waals surface area contributed by atoms with Crippen LogP contribution >= 0.6 is 0 Å². The summed E-state index contributed by atoms with van der Waals surface area (Å²) in [6, 6.07) is 6.32. The van der Waals surface area contributed by atoms with Crippen molar-refractivity contribution in [2.75, 3.05) is 13.6 Å². The Kier molecular flexibility index (Phi) is 2.93. The Morgan fingerprint density at radius 1 is 1.33 bits per heavy atom. The van der Waals surface area contributed by atoms with Crippen molar-refractivity contribution in [3.63, 3.8) is 0 Å². The van der Waals surface area contributed by atoms with Gasteiger partial charge in [0.25, 0.3) is 5.91 Å². The highest BCUT2D eigenvalue weighted by molar-refractivity contribution is 5.99. The van der Waals surface area contributed by atoms with Gasteiger partial charge in [0, 0.05) is 24.0 Å². The molecule has 94 valence electrons. The SMILES string of the molecule is CN(CC(=O)O)C(=O)c1cc2ccc(O)cc2[nH]1. The van der Waals surface area contributed by atoms with Crippen LogP contribution in [-0.4, -0.2) is 45.6 Å². The Labute approximate surface area is 102 Å². The van der Waals surface area contributed by atoms with Gasteiger partial charge in [-0.05, 0) is 18.2 Å². The number of likely N-dealkylation sites (N-methyl/N-ethyl adjacent to an activating group) is 1. The number of hydrogen-bond donors (Lipinski definition) is 3. The lowest BCUT2D eigenvalue weighted by molar-refractivity contribution is -0.137. The Bertz CT molecular complexity index is 618. The quantitative estimate of drug-likeness (QED) is 0.756. The number of phenolic OH excluding ortho intramolecular Hbond substituents is 1. The molecule has 0 aliphatic rings. The van der Waals surface area contributed by atoms with Gasteiger partial charge < -0.3 is 20.1 Å². The normalized spacial score (nSPS) is 10.5. The Balaban J connectivity index is 2.30. The lowest BCUT2D eigenvalue weighted by Gasteiger charge is -2.12. The third-order valence-electron chi connectivity index (χ3n) is 2.56. The first-order chi connectivity index (χ1) is 8.47. The van der Waals surface area contributed by atoms with Crippen LogP contribution in [-0.2, 0) is 4.79 Å². The number of carbonyl (C=O) groups excluding carboxylic acids is 1. The van der Waals surface area contributed by atoms with Crippen molar-refractivity contribution in [3.8, 4) is 5.75 Å². The number of carbonyl (C=O) groups is 2. The molecule has 2 rings (SSSR count). The molecule has 0 radical (unpaired) electrons. The van der Waals surface area contributed by atoms with Crippen LogP contribution in [0.25, 0.3) is 10.9 Å². The van der Waals surface area contributed by atoms with E-state index in [2.05, 4.69) is 4.98 Å². The topological polar surface area (TPSA) is 93.6 Å². The van der Waals surface area contributed by atoms with Gasteiger partial charge >= 0.3 is 5.97 Å². The van der Waals surface area contributed by atoms with Crippen LogP contribution in [0.2, 0.25) is 0 Å². The molecule has 0 atom stereocenters. The maximum absolute atomic E-state index is 11.9. The number of carboxylic acids is 1. The number of aliphatic carboxylic acids is 1. The Morgan fingerprint density at radius 3 is 2.72 bits per heavy atom. The highest BCUT2D eigenvalue weighted by Crippen LogP contribution is 2.20. The Morgan fingerprint density at radius 2 is 2.06 bits per heavy atom. The number of hydrogen-bond acceptors (Lipinski definition) is 3. The van der Waals surface area contributed by atoms with Crippen molar-refractivity contribution in [1.29, 1.82) is 0 Å². The van der Waals surface area contributed by atoms with Crippen LogP contribution in [0.3, 0.4) is 0 Å². The molecule has 18 heavy (non-hydrogen) atoms. The van der Waals surface area contributed by atoms with Crippen LogP contribution in [0, 0.1) is 0 Å². The summed E-state index contributed by atoms with van der Waals surface area (Å²) in [5.41, 5.74) is 0.918. The van der Waals surface area contributed by atoms with E-state index in [0.717, 1.165) is 10.3 Å². The average molecular weight is 248 g/mol. The van der Waals surface area contributed by atoms with Crippen LogP contribution in [0.1, 0.15) is 10.5 Å². The van der Waals surface area contributed by atoms with Gasteiger partial charge in [0.15, 0.2) is 0 Å². The number of benzene rings is 1. The molecule has 0 unspecified atom stereocenters. The fraction of sp³-hybridized carbons (Fsp3) is 0.167. The summed E-state index contributed by atoms with van der Waals surface area (Å²) >= 11 is 0. The first-order valence-electron chi connectivity index (χ1n) is 5.26. The number of nitrogens with zero attached hydrogens (tertiary/aromatic N) is 1. The molecule has 6 heteroatoms. The van der Waals surface area contributed by atoms with Gasteiger partial charge in [0.1, 0.15) is 18.0 Å². The fourth-order valence-corrected chi connectivity index (χ4v) is 1.71. The van der Waals surface area contributed by atoms with Gasteiger partial charge in [-0.15, -0.1) is 0 Å². The second-order valence-corrected chi connectivity index (χ2v) is 4.01. The van der Waals surface area contributed by atoms with Crippen LogP contribution in [0.5, 0.6) is 5.75 Å².